The molecule has 5 aromatic rings. The van der Waals surface area contributed by atoms with Gasteiger partial charge in [0.1, 0.15) is 22.2 Å². The zero-order valence-corrected chi connectivity index (χ0v) is 22.9. The Hall–Kier alpha value is -3.87. The van der Waals surface area contributed by atoms with Gasteiger partial charge in [0, 0.05) is 41.5 Å². The Bertz CT molecular complexity index is 1870. The van der Waals surface area contributed by atoms with E-state index in [1.165, 1.54) is 0 Å². The molecule has 0 spiro atoms. The van der Waals surface area contributed by atoms with Gasteiger partial charge >= 0.3 is 0 Å². The molecule has 5 aromatic heterocycles. The number of pyridine rings is 4. The molecule has 11 nitrogen and oxygen atoms in total. The van der Waals surface area contributed by atoms with Gasteiger partial charge in [0.25, 0.3) is 15.7 Å². The molecule has 13 heteroatoms. The number of H-pyrrole nitrogens is 2. The summed E-state index contributed by atoms with van der Waals surface area (Å²) in [5, 5.41) is 1.15. The van der Waals surface area contributed by atoms with Crippen LogP contribution < -0.4 is 10.3 Å². The summed E-state index contributed by atoms with van der Waals surface area (Å²) in [7, 11) is -2.02. The normalized spacial score (nSPS) is 13.4. The second-order valence-corrected chi connectivity index (χ2v) is 11.0. The molecule has 0 unspecified atom stereocenters. The Labute approximate surface area is 228 Å². The van der Waals surface area contributed by atoms with Crippen molar-refractivity contribution in [3.05, 3.63) is 63.6 Å². The van der Waals surface area contributed by atoms with Crippen LogP contribution in [0, 0.1) is 0 Å². The van der Waals surface area contributed by atoms with Gasteiger partial charge in [-0.2, -0.15) is 8.42 Å². The van der Waals surface area contributed by atoms with Crippen molar-refractivity contribution in [2.45, 2.75) is 32.1 Å². The lowest BCUT2D eigenvalue weighted by molar-refractivity contribution is 0.415. The molecule has 0 saturated heterocycles. The van der Waals surface area contributed by atoms with Crippen molar-refractivity contribution in [2.75, 3.05) is 13.4 Å². The van der Waals surface area contributed by atoms with E-state index in [0.717, 1.165) is 40.7 Å². The number of hydrogen-bond acceptors (Lipinski definition) is 8. The van der Waals surface area contributed by atoms with Crippen molar-refractivity contribution >= 4 is 43.7 Å². The maximum absolute atomic E-state index is 13.0. The van der Waals surface area contributed by atoms with Crippen LogP contribution in [-0.2, 0) is 16.5 Å². The summed E-state index contributed by atoms with van der Waals surface area (Å²) in [5.41, 5.74) is 5.51. The minimum absolute atomic E-state index is 0.255. The molecule has 0 amide bonds. The molecular formula is C26H25ClN6O5S. The van der Waals surface area contributed by atoms with E-state index in [9.17, 15) is 13.2 Å². The van der Waals surface area contributed by atoms with Crippen LogP contribution in [0.25, 0.3) is 44.6 Å². The molecule has 0 atom stereocenters. The monoisotopic (exact) mass is 568 g/mol. The molecule has 39 heavy (non-hydrogen) atoms. The SMILES string of the molecule is CCc1nc(Cl)cc2[nH]c(-c3cc4c(-c5cnc(C6CC6)cc5OC)nccc4[nH]c3=O)nc12.CS(=O)(=O)O. The number of nitrogens with zero attached hydrogens (tertiary/aromatic N) is 4. The first kappa shape index (κ1) is 26.7. The summed E-state index contributed by atoms with van der Waals surface area (Å²) >= 11 is 6.17. The Balaban J connectivity index is 0.000000567. The summed E-state index contributed by atoms with van der Waals surface area (Å²) in [5.74, 6) is 1.66. The number of nitrogens with one attached hydrogen (secondary N) is 2. The molecule has 202 valence electrons. The number of methoxy groups -OCH3 is 1. The molecule has 1 aliphatic carbocycles. The van der Waals surface area contributed by atoms with Gasteiger partial charge in [0.05, 0.1) is 46.9 Å². The van der Waals surface area contributed by atoms with Crippen molar-refractivity contribution < 1.29 is 17.7 Å². The van der Waals surface area contributed by atoms with Crippen LogP contribution in [0.3, 0.4) is 0 Å². The zero-order valence-electron chi connectivity index (χ0n) is 21.3. The smallest absolute Gasteiger partial charge is 0.261 e. The maximum atomic E-state index is 13.0. The Morgan fingerprint density at radius 3 is 2.51 bits per heavy atom. The average Bonchev–Trinajstić information content (AvgIpc) is 3.65. The van der Waals surface area contributed by atoms with Crippen LogP contribution in [-0.4, -0.2) is 56.2 Å². The molecule has 1 aliphatic rings. The topological polar surface area (TPSA) is 164 Å². The maximum Gasteiger partial charge on any atom is 0.261 e. The molecule has 1 fully saturated rings. The molecule has 6 rings (SSSR count). The van der Waals surface area contributed by atoms with E-state index < -0.39 is 10.1 Å². The van der Waals surface area contributed by atoms with E-state index in [1.54, 1.807) is 31.6 Å². The third-order valence-corrected chi connectivity index (χ3v) is 6.42. The second kappa shape index (κ2) is 10.4. The molecular weight excluding hydrogens is 544 g/mol. The number of halogens is 1. The third kappa shape index (κ3) is 5.77. The first-order chi connectivity index (χ1) is 18.6. The molecule has 3 N–H and O–H groups in total. The number of aryl methyl sites for hydroxylation is 1. The summed E-state index contributed by atoms with van der Waals surface area (Å²) in [6.45, 7) is 1.99. The van der Waals surface area contributed by atoms with E-state index in [2.05, 4.69) is 29.9 Å². The molecule has 0 aliphatic heterocycles. The Kier molecular flexibility index (Phi) is 7.10. The van der Waals surface area contributed by atoms with E-state index in [1.807, 2.05) is 19.1 Å². The zero-order chi connectivity index (χ0) is 27.9. The highest BCUT2D eigenvalue weighted by Gasteiger charge is 2.26. The number of rotatable bonds is 5. The lowest BCUT2D eigenvalue weighted by Gasteiger charge is -2.12. The highest BCUT2D eigenvalue weighted by molar-refractivity contribution is 7.85. The van der Waals surface area contributed by atoms with Gasteiger partial charge in [-0.15, -0.1) is 0 Å². The van der Waals surface area contributed by atoms with Crippen LogP contribution in [0.15, 0.2) is 41.5 Å². The number of aromatic nitrogens is 6. The van der Waals surface area contributed by atoms with Crippen molar-refractivity contribution in [1.29, 1.82) is 0 Å². The Morgan fingerprint density at radius 2 is 1.85 bits per heavy atom. The quantitative estimate of drug-likeness (QED) is 0.204. The third-order valence-electron chi connectivity index (χ3n) is 6.23. The van der Waals surface area contributed by atoms with Crippen molar-refractivity contribution in [3.63, 3.8) is 0 Å². The summed E-state index contributed by atoms with van der Waals surface area (Å²) in [4.78, 5) is 37.5. The number of hydrogen-bond donors (Lipinski definition) is 3. The van der Waals surface area contributed by atoms with Gasteiger partial charge in [-0.25, -0.2) is 9.97 Å². The summed E-state index contributed by atoms with van der Waals surface area (Å²) in [6, 6.07) is 7.29. The largest absolute Gasteiger partial charge is 0.496 e. The van der Waals surface area contributed by atoms with Gasteiger partial charge in [-0.3, -0.25) is 19.3 Å². The van der Waals surface area contributed by atoms with Crippen LogP contribution in [0.1, 0.15) is 37.1 Å². The lowest BCUT2D eigenvalue weighted by Crippen LogP contribution is -2.10. The Morgan fingerprint density at radius 1 is 1.10 bits per heavy atom. The van der Waals surface area contributed by atoms with Crippen LogP contribution in [0.4, 0.5) is 0 Å². The number of fused-ring (bicyclic) bond motifs is 2. The van der Waals surface area contributed by atoms with Crippen molar-refractivity contribution in [1.82, 2.24) is 29.9 Å². The van der Waals surface area contributed by atoms with Crippen molar-refractivity contribution in [2.24, 2.45) is 0 Å². The fourth-order valence-corrected chi connectivity index (χ4v) is 4.55. The predicted molar refractivity (Wildman–Crippen MR) is 149 cm³/mol. The van der Waals surface area contributed by atoms with Crippen LogP contribution in [0.2, 0.25) is 5.15 Å². The highest BCUT2D eigenvalue weighted by atomic mass is 35.5. The number of imidazole rings is 1. The van der Waals surface area contributed by atoms with Crippen LogP contribution in [0.5, 0.6) is 5.75 Å². The van der Waals surface area contributed by atoms with Gasteiger partial charge < -0.3 is 14.7 Å². The van der Waals surface area contributed by atoms with E-state index in [0.29, 0.717) is 57.6 Å². The fourth-order valence-electron chi connectivity index (χ4n) is 4.34. The molecule has 0 aromatic carbocycles. The standard InChI is InChI=1S/C25H21ClN6O2.CH4O3S/c1-3-16-23-19(10-21(26)29-16)30-24(32-23)14-8-13-17(31-25(14)33)6-7-27-22(13)15-11-28-18(12-4-5-12)9-20(15)34-2;1-5(2,3)4/h6-12H,3-5H2,1-2H3,(H,30,32)(H,31,33);1H3,(H,2,3,4). The molecule has 0 radical (unpaired) electrons. The van der Waals surface area contributed by atoms with Crippen LogP contribution >= 0.6 is 11.6 Å². The van der Waals surface area contributed by atoms with Gasteiger partial charge in [-0.1, -0.05) is 18.5 Å². The predicted octanol–water partition coefficient (Wildman–Crippen LogP) is 4.53. The number of ether oxygens (including phenoxy) is 1. The summed E-state index contributed by atoms with van der Waals surface area (Å²) < 4.78 is 31.6. The average molecular weight is 569 g/mol. The van der Waals surface area contributed by atoms with E-state index in [-0.39, 0.29) is 5.56 Å². The van der Waals surface area contributed by atoms with Crippen molar-refractivity contribution in [3.8, 4) is 28.4 Å². The molecule has 1 saturated carbocycles. The lowest BCUT2D eigenvalue weighted by atomic mass is 10.0. The van der Waals surface area contributed by atoms with Gasteiger partial charge in [0.2, 0.25) is 0 Å². The highest BCUT2D eigenvalue weighted by Crippen LogP contribution is 2.42. The minimum Gasteiger partial charge on any atom is -0.496 e. The molecule has 0 bridgehead atoms. The van der Waals surface area contributed by atoms with E-state index in [4.69, 9.17) is 20.9 Å². The summed E-state index contributed by atoms with van der Waals surface area (Å²) in [6.07, 6.45) is 7.18. The molecule has 5 heterocycles. The fraction of sp³-hybridized carbons (Fsp3) is 0.269. The first-order valence-corrected chi connectivity index (χ1v) is 14.3. The van der Waals surface area contributed by atoms with Gasteiger partial charge in [0.15, 0.2) is 0 Å². The number of aromatic amines is 2. The minimum atomic E-state index is -3.67. The first-order valence-electron chi connectivity index (χ1n) is 12.1. The van der Waals surface area contributed by atoms with E-state index >= 15 is 0 Å². The van der Waals surface area contributed by atoms with Gasteiger partial charge in [-0.05, 0) is 31.4 Å². The second-order valence-electron chi connectivity index (χ2n) is 9.18.